The Morgan fingerprint density at radius 1 is 0.278 bits per heavy atom. The van der Waals surface area contributed by atoms with Crippen molar-refractivity contribution in [2.45, 2.75) is 0 Å². The summed E-state index contributed by atoms with van der Waals surface area (Å²) in [6.07, 6.45) is 0. The molecule has 1 aromatic heterocycles. The molecule has 0 radical (unpaired) electrons. The summed E-state index contributed by atoms with van der Waals surface area (Å²) >= 11 is 0. The lowest BCUT2D eigenvalue weighted by Gasteiger charge is -2.26. The lowest BCUT2D eigenvalue weighted by atomic mass is 9.95. The van der Waals surface area contributed by atoms with E-state index in [1.54, 1.807) is 0 Å². The summed E-state index contributed by atoms with van der Waals surface area (Å²) in [6.45, 7) is 0. The van der Waals surface area contributed by atoms with Crippen LogP contribution in [0.3, 0.4) is 0 Å². The van der Waals surface area contributed by atoms with Gasteiger partial charge in [-0.1, -0.05) is 158 Å². The quantitative estimate of drug-likeness (QED) is 0.166. The van der Waals surface area contributed by atoms with Crippen LogP contribution in [0.1, 0.15) is 0 Å². The van der Waals surface area contributed by atoms with Crippen LogP contribution < -0.4 is 4.90 Å². The Morgan fingerprint density at radius 2 is 0.704 bits per heavy atom. The molecule has 0 aliphatic rings. The third kappa shape index (κ3) is 5.71. The highest BCUT2D eigenvalue weighted by Crippen LogP contribution is 2.42. The first kappa shape index (κ1) is 31.6. The van der Waals surface area contributed by atoms with E-state index in [2.05, 4.69) is 217 Å². The fourth-order valence-electron chi connectivity index (χ4n) is 7.75. The number of anilines is 3. The molecule has 0 aliphatic heterocycles. The molecule has 0 spiro atoms. The molecule has 2 nitrogen and oxygen atoms in total. The van der Waals surface area contributed by atoms with Crippen molar-refractivity contribution in [1.29, 1.82) is 0 Å². The summed E-state index contributed by atoms with van der Waals surface area (Å²) in [5.74, 6) is 0. The molecular formula is C52H35NO. The van der Waals surface area contributed by atoms with Crippen molar-refractivity contribution in [2.75, 3.05) is 4.90 Å². The van der Waals surface area contributed by atoms with Gasteiger partial charge in [0.05, 0.1) is 0 Å². The number of hydrogen-bond acceptors (Lipinski definition) is 2. The first-order valence-electron chi connectivity index (χ1n) is 18.4. The Kier molecular flexibility index (Phi) is 7.85. The van der Waals surface area contributed by atoms with Crippen molar-refractivity contribution in [3.8, 4) is 44.5 Å². The maximum absolute atomic E-state index is 6.66. The highest BCUT2D eigenvalue weighted by atomic mass is 16.3. The monoisotopic (exact) mass is 689 g/mol. The van der Waals surface area contributed by atoms with Crippen LogP contribution in [0, 0.1) is 0 Å². The second-order valence-corrected chi connectivity index (χ2v) is 13.7. The van der Waals surface area contributed by atoms with E-state index < -0.39 is 0 Å². The van der Waals surface area contributed by atoms with Crippen LogP contribution in [-0.2, 0) is 0 Å². The van der Waals surface area contributed by atoms with E-state index in [0.29, 0.717) is 0 Å². The first-order valence-corrected chi connectivity index (χ1v) is 18.4. The van der Waals surface area contributed by atoms with Gasteiger partial charge in [0, 0.05) is 33.2 Å². The number of benzene rings is 9. The Balaban J connectivity index is 0.976. The number of para-hydroxylation sites is 1. The second kappa shape index (κ2) is 13.4. The van der Waals surface area contributed by atoms with Gasteiger partial charge in [-0.25, -0.2) is 0 Å². The smallest absolute Gasteiger partial charge is 0.143 e. The number of rotatable bonds is 7. The topological polar surface area (TPSA) is 16.4 Å². The number of furan rings is 1. The molecule has 10 rings (SSSR count). The van der Waals surface area contributed by atoms with Gasteiger partial charge in [0.2, 0.25) is 0 Å². The van der Waals surface area contributed by atoms with Crippen LogP contribution in [0.4, 0.5) is 17.1 Å². The van der Waals surface area contributed by atoms with Gasteiger partial charge in [0.25, 0.3) is 0 Å². The van der Waals surface area contributed by atoms with Gasteiger partial charge in [-0.3, -0.25) is 0 Å². The van der Waals surface area contributed by atoms with Gasteiger partial charge in [-0.15, -0.1) is 0 Å². The van der Waals surface area contributed by atoms with Crippen molar-refractivity contribution in [3.05, 3.63) is 212 Å². The zero-order valence-corrected chi connectivity index (χ0v) is 29.6. The average molecular weight is 690 g/mol. The van der Waals surface area contributed by atoms with E-state index >= 15 is 0 Å². The van der Waals surface area contributed by atoms with Crippen molar-refractivity contribution in [3.63, 3.8) is 0 Å². The number of fused-ring (bicyclic) bond motifs is 5. The normalized spacial score (nSPS) is 11.3. The third-order valence-corrected chi connectivity index (χ3v) is 10.5. The molecule has 0 bridgehead atoms. The van der Waals surface area contributed by atoms with E-state index in [9.17, 15) is 0 Å². The summed E-state index contributed by atoms with van der Waals surface area (Å²) in [7, 11) is 0. The van der Waals surface area contributed by atoms with E-state index in [-0.39, 0.29) is 0 Å². The highest BCUT2D eigenvalue weighted by Gasteiger charge is 2.17. The summed E-state index contributed by atoms with van der Waals surface area (Å²) in [4.78, 5) is 2.31. The molecule has 254 valence electrons. The van der Waals surface area contributed by atoms with Crippen molar-refractivity contribution in [2.24, 2.45) is 0 Å². The van der Waals surface area contributed by atoms with E-state index in [0.717, 1.165) is 55.5 Å². The molecule has 0 amide bonds. The van der Waals surface area contributed by atoms with E-state index in [4.69, 9.17) is 4.42 Å². The zero-order valence-electron chi connectivity index (χ0n) is 29.6. The summed E-state index contributed by atoms with van der Waals surface area (Å²) in [5.41, 5.74) is 14.6. The molecule has 0 N–H and O–H groups in total. The third-order valence-electron chi connectivity index (χ3n) is 10.5. The lowest BCUT2D eigenvalue weighted by Crippen LogP contribution is -2.09. The van der Waals surface area contributed by atoms with Crippen LogP contribution in [-0.4, -0.2) is 0 Å². The van der Waals surface area contributed by atoms with Gasteiger partial charge in [-0.2, -0.15) is 0 Å². The minimum Gasteiger partial charge on any atom is -0.455 e. The Bertz CT molecular complexity index is 2880. The van der Waals surface area contributed by atoms with Gasteiger partial charge in [0.15, 0.2) is 0 Å². The van der Waals surface area contributed by atoms with Crippen LogP contribution in [0.2, 0.25) is 0 Å². The molecule has 10 aromatic rings. The summed E-state index contributed by atoms with van der Waals surface area (Å²) in [5, 5.41) is 4.59. The van der Waals surface area contributed by atoms with Crippen molar-refractivity contribution >= 4 is 49.8 Å². The Morgan fingerprint density at radius 3 is 1.30 bits per heavy atom. The van der Waals surface area contributed by atoms with Crippen molar-refractivity contribution < 1.29 is 4.42 Å². The predicted octanol–water partition coefficient (Wildman–Crippen LogP) is 14.9. The van der Waals surface area contributed by atoms with E-state index in [1.807, 2.05) is 0 Å². The van der Waals surface area contributed by atoms with Crippen LogP contribution >= 0.6 is 0 Å². The van der Waals surface area contributed by atoms with Crippen LogP contribution in [0.5, 0.6) is 0 Å². The van der Waals surface area contributed by atoms with Gasteiger partial charge in [-0.05, 0) is 104 Å². The van der Waals surface area contributed by atoms with Crippen LogP contribution in [0.25, 0.3) is 77.2 Å². The SMILES string of the molecule is c1ccc(-c2ccc(-c3ccc(N(c4ccccc4)c4ccc(-c5ccc6c(c5)oc5c7ccccc7c(-c7ccccc7)cc65)cc4)cc3)cc2)cc1. The highest BCUT2D eigenvalue weighted by molar-refractivity contribution is 6.19. The molecule has 0 saturated carbocycles. The molecule has 0 unspecified atom stereocenters. The summed E-state index contributed by atoms with van der Waals surface area (Å²) in [6, 6.07) is 75.6. The first-order chi connectivity index (χ1) is 26.8. The zero-order chi connectivity index (χ0) is 35.8. The maximum Gasteiger partial charge on any atom is 0.143 e. The lowest BCUT2D eigenvalue weighted by molar-refractivity contribution is 0.673. The molecule has 9 aromatic carbocycles. The minimum atomic E-state index is 0.891. The molecular weight excluding hydrogens is 655 g/mol. The summed E-state index contributed by atoms with van der Waals surface area (Å²) < 4.78 is 6.66. The number of nitrogens with zero attached hydrogens (tertiary/aromatic N) is 1. The van der Waals surface area contributed by atoms with Gasteiger partial charge in [0.1, 0.15) is 11.2 Å². The van der Waals surface area contributed by atoms with Gasteiger partial charge >= 0.3 is 0 Å². The average Bonchev–Trinajstić information content (AvgIpc) is 3.63. The number of hydrogen-bond donors (Lipinski definition) is 0. The molecule has 2 heteroatoms. The largest absolute Gasteiger partial charge is 0.455 e. The fraction of sp³-hybridized carbons (Fsp3) is 0. The second-order valence-electron chi connectivity index (χ2n) is 13.7. The molecule has 1 heterocycles. The molecule has 0 fully saturated rings. The van der Waals surface area contributed by atoms with Crippen LogP contribution in [0.15, 0.2) is 217 Å². The predicted molar refractivity (Wildman–Crippen MR) is 228 cm³/mol. The minimum absolute atomic E-state index is 0.891. The fourth-order valence-corrected chi connectivity index (χ4v) is 7.75. The molecule has 0 atom stereocenters. The van der Waals surface area contributed by atoms with Gasteiger partial charge < -0.3 is 9.32 Å². The Labute approximate surface area is 314 Å². The standard InChI is InChI=1S/C52H35NO/c1-4-12-36(13-5-1)37-20-22-38(23-21-37)39-24-29-44(30-25-39)53(43-16-8-3-9-17-43)45-31-26-40(27-32-45)42-28-33-47-50-35-49(41-14-6-2-7-15-41)46-18-10-11-19-48(46)52(50)54-51(47)34-42/h1-35H. The molecule has 0 saturated heterocycles. The maximum atomic E-state index is 6.66. The molecule has 0 aliphatic carbocycles. The Hall–Kier alpha value is -7.16. The van der Waals surface area contributed by atoms with E-state index in [1.165, 1.54) is 38.8 Å². The molecule has 54 heavy (non-hydrogen) atoms. The van der Waals surface area contributed by atoms with Crippen molar-refractivity contribution in [1.82, 2.24) is 0 Å².